The molecule has 0 radical (unpaired) electrons. The van der Waals surface area contributed by atoms with Crippen molar-refractivity contribution >= 4 is 27.4 Å². The molecule has 1 heterocycles. The maximum atomic E-state index is 13.3. The number of nitrogens with one attached hydrogen (secondary N) is 1. The number of anilines is 2. The minimum Gasteiger partial charge on any atom is -0.481 e. The molecule has 1 aromatic heterocycles. The maximum Gasteiger partial charge on any atom is 0.315 e. The lowest BCUT2D eigenvalue weighted by molar-refractivity contribution is -0.136. The molecule has 3 aromatic rings. The molecule has 3 rings (SSSR count). The van der Waals surface area contributed by atoms with Crippen molar-refractivity contribution in [2.45, 2.75) is 56.6 Å². The number of hydrazine groups is 1. The monoisotopic (exact) mass is 486 g/mol. The molecule has 182 valence electrons. The van der Waals surface area contributed by atoms with Crippen molar-refractivity contribution in [3.8, 4) is 0 Å². The van der Waals surface area contributed by atoms with E-state index in [1.807, 2.05) is 0 Å². The van der Waals surface area contributed by atoms with Crippen LogP contribution < -0.4 is 9.84 Å². The minimum absolute atomic E-state index is 0.0163. The highest BCUT2D eigenvalue weighted by Gasteiger charge is 2.28. The van der Waals surface area contributed by atoms with Crippen molar-refractivity contribution in [3.63, 3.8) is 0 Å². The number of benzene rings is 2. The zero-order valence-electron chi connectivity index (χ0n) is 19.1. The van der Waals surface area contributed by atoms with Gasteiger partial charge >= 0.3 is 16.0 Å². The third kappa shape index (κ3) is 6.61. The van der Waals surface area contributed by atoms with Crippen LogP contribution in [0.25, 0.3) is 0 Å². The summed E-state index contributed by atoms with van der Waals surface area (Å²) in [6.07, 6.45) is 4.76. The molecule has 0 aliphatic heterocycles. The largest absolute Gasteiger partial charge is 0.481 e. The summed E-state index contributed by atoms with van der Waals surface area (Å²) in [6, 6.07) is 16.4. The number of rotatable bonds is 13. The van der Waals surface area contributed by atoms with Gasteiger partial charge in [-0.3, -0.25) is 10.2 Å². The first-order chi connectivity index (χ1) is 16.3. The predicted molar refractivity (Wildman–Crippen MR) is 130 cm³/mol. The van der Waals surface area contributed by atoms with Gasteiger partial charge in [-0.05, 0) is 60.4 Å². The van der Waals surface area contributed by atoms with E-state index in [-0.39, 0.29) is 11.5 Å². The van der Waals surface area contributed by atoms with Crippen LogP contribution in [-0.4, -0.2) is 24.6 Å². The molecule has 8 nitrogen and oxygen atoms in total. The van der Waals surface area contributed by atoms with E-state index in [4.69, 9.17) is 9.52 Å². The highest BCUT2D eigenvalue weighted by atomic mass is 32.2. The van der Waals surface area contributed by atoms with E-state index in [9.17, 15) is 18.3 Å². The van der Waals surface area contributed by atoms with Gasteiger partial charge in [0.05, 0.1) is 23.7 Å². The van der Waals surface area contributed by atoms with Crippen molar-refractivity contribution in [2.75, 3.05) is 9.84 Å². The van der Waals surface area contributed by atoms with Crippen LogP contribution in [0.5, 0.6) is 0 Å². The summed E-state index contributed by atoms with van der Waals surface area (Å²) >= 11 is 0. The first-order valence-electron chi connectivity index (χ1n) is 11.3. The Kier molecular flexibility index (Phi) is 8.72. The summed E-state index contributed by atoms with van der Waals surface area (Å²) in [4.78, 5) is 10.8. The lowest BCUT2D eigenvalue weighted by Crippen LogP contribution is -2.36. The molecule has 0 aliphatic rings. The number of aliphatic carboxylic acids is 1. The van der Waals surface area contributed by atoms with E-state index in [2.05, 4.69) is 12.3 Å². The standard InChI is InChI=1S/C25H30N2O6S/c1-2-3-4-6-23(28)20-11-15-22(16-12-20)27(34(31,32)25-7-5-18-33-25)26-21-13-8-19(9-14-21)10-17-24(29)30/h5,7-9,11-16,18,23,26,28H,2-4,6,10,17H2,1H3,(H,29,30). The lowest BCUT2D eigenvalue weighted by Gasteiger charge is -2.25. The summed E-state index contributed by atoms with van der Waals surface area (Å²) < 4.78 is 32.8. The molecule has 3 N–H and O–H groups in total. The van der Waals surface area contributed by atoms with Crippen LogP contribution in [0.1, 0.15) is 56.3 Å². The Morgan fingerprint density at radius 3 is 2.35 bits per heavy atom. The zero-order chi connectivity index (χ0) is 24.6. The minimum atomic E-state index is -4.08. The second-order valence-electron chi connectivity index (χ2n) is 8.01. The average Bonchev–Trinajstić information content (AvgIpc) is 3.38. The molecule has 0 fully saturated rings. The molecule has 34 heavy (non-hydrogen) atoms. The van der Waals surface area contributed by atoms with Gasteiger partial charge in [-0.15, -0.1) is 0 Å². The average molecular weight is 487 g/mol. The predicted octanol–water partition coefficient (Wildman–Crippen LogP) is 5.13. The second-order valence-corrected chi connectivity index (χ2v) is 9.72. The number of aliphatic hydroxyl groups is 1. The van der Waals surface area contributed by atoms with E-state index in [1.165, 1.54) is 18.4 Å². The van der Waals surface area contributed by atoms with E-state index in [1.54, 1.807) is 48.5 Å². The number of hydrogen-bond acceptors (Lipinski definition) is 6. The molecule has 0 spiro atoms. The molecule has 0 saturated heterocycles. The van der Waals surface area contributed by atoms with Crippen molar-refractivity contribution in [2.24, 2.45) is 0 Å². The van der Waals surface area contributed by atoms with Crippen molar-refractivity contribution in [3.05, 3.63) is 78.1 Å². The molecule has 0 bridgehead atoms. The van der Waals surface area contributed by atoms with Gasteiger partial charge in [0.15, 0.2) is 0 Å². The van der Waals surface area contributed by atoms with Crippen LogP contribution >= 0.6 is 0 Å². The van der Waals surface area contributed by atoms with Gasteiger partial charge in [0, 0.05) is 6.42 Å². The van der Waals surface area contributed by atoms with Crippen LogP contribution in [0.15, 0.2) is 76.4 Å². The summed E-state index contributed by atoms with van der Waals surface area (Å²) in [5.41, 5.74) is 5.30. The summed E-state index contributed by atoms with van der Waals surface area (Å²) in [5.74, 6) is -0.878. The molecule has 0 saturated carbocycles. The Balaban J connectivity index is 1.84. The number of sulfonamides is 1. The number of unbranched alkanes of at least 4 members (excludes halogenated alkanes) is 2. The van der Waals surface area contributed by atoms with Crippen LogP contribution in [0.4, 0.5) is 11.4 Å². The van der Waals surface area contributed by atoms with Gasteiger partial charge in [0.1, 0.15) is 0 Å². The number of nitrogens with zero attached hydrogens (tertiary/aromatic N) is 1. The van der Waals surface area contributed by atoms with Gasteiger partial charge in [-0.2, -0.15) is 12.8 Å². The summed E-state index contributed by atoms with van der Waals surface area (Å²) in [7, 11) is -4.08. The van der Waals surface area contributed by atoms with E-state index >= 15 is 0 Å². The Labute approximate surface area is 199 Å². The highest BCUT2D eigenvalue weighted by Crippen LogP contribution is 2.28. The molecule has 0 amide bonds. The Bertz CT molecular complexity index is 1140. The van der Waals surface area contributed by atoms with Gasteiger partial charge < -0.3 is 14.6 Å². The third-order valence-corrected chi connectivity index (χ3v) is 6.92. The molecule has 9 heteroatoms. The van der Waals surface area contributed by atoms with Crippen LogP contribution in [-0.2, 0) is 21.2 Å². The van der Waals surface area contributed by atoms with E-state index in [0.717, 1.165) is 34.8 Å². The van der Waals surface area contributed by atoms with Gasteiger partial charge in [-0.25, -0.2) is 0 Å². The molecule has 2 aromatic carbocycles. The van der Waals surface area contributed by atoms with Crippen molar-refractivity contribution in [1.29, 1.82) is 0 Å². The molecule has 1 atom stereocenters. The number of carboxylic acid groups (broad SMARTS) is 1. The quantitative estimate of drug-likeness (QED) is 0.226. The highest BCUT2D eigenvalue weighted by molar-refractivity contribution is 7.92. The number of hydrogen-bond donors (Lipinski definition) is 3. The van der Waals surface area contributed by atoms with Crippen LogP contribution in [0.2, 0.25) is 0 Å². The Hall–Kier alpha value is -3.30. The van der Waals surface area contributed by atoms with E-state index in [0.29, 0.717) is 24.2 Å². The van der Waals surface area contributed by atoms with E-state index < -0.39 is 22.1 Å². The van der Waals surface area contributed by atoms with Crippen LogP contribution in [0.3, 0.4) is 0 Å². The third-order valence-electron chi connectivity index (χ3n) is 5.40. The van der Waals surface area contributed by atoms with Gasteiger partial charge in [-0.1, -0.05) is 50.5 Å². The summed E-state index contributed by atoms with van der Waals surface area (Å²) in [5, 5.41) is 19.1. The van der Waals surface area contributed by atoms with Gasteiger partial charge in [0.25, 0.3) is 0 Å². The number of aryl methyl sites for hydroxylation is 1. The first-order valence-corrected chi connectivity index (χ1v) is 12.7. The van der Waals surface area contributed by atoms with Crippen molar-refractivity contribution in [1.82, 2.24) is 0 Å². The number of furan rings is 1. The fraction of sp³-hybridized carbons (Fsp3) is 0.320. The SMILES string of the molecule is CCCCCC(O)c1ccc(N(Nc2ccc(CCC(=O)O)cc2)S(=O)(=O)c2ccco2)cc1. The topological polar surface area (TPSA) is 120 Å². The second kappa shape index (κ2) is 11.7. The fourth-order valence-electron chi connectivity index (χ4n) is 3.46. The molecular weight excluding hydrogens is 456 g/mol. The Morgan fingerprint density at radius 1 is 1.06 bits per heavy atom. The zero-order valence-corrected chi connectivity index (χ0v) is 19.9. The number of aliphatic hydroxyl groups excluding tert-OH is 1. The lowest BCUT2D eigenvalue weighted by atomic mass is 10.0. The number of carbonyl (C=O) groups is 1. The molecular formula is C25H30N2O6S. The molecule has 0 aliphatic carbocycles. The number of carboxylic acids is 1. The van der Waals surface area contributed by atoms with Crippen LogP contribution in [0, 0.1) is 0 Å². The maximum absolute atomic E-state index is 13.3. The molecule has 1 unspecified atom stereocenters. The summed E-state index contributed by atoms with van der Waals surface area (Å²) in [6.45, 7) is 2.10. The van der Waals surface area contributed by atoms with Gasteiger partial charge in [0.2, 0.25) is 5.09 Å². The smallest absolute Gasteiger partial charge is 0.315 e. The normalized spacial score (nSPS) is 12.3. The Morgan fingerprint density at radius 2 is 1.76 bits per heavy atom. The first kappa shape index (κ1) is 25.3. The van der Waals surface area contributed by atoms with Crippen molar-refractivity contribution < 1.29 is 27.8 Å². The fourth-order valence-corrected chi connectivity index (χ4v) is 4.70.